The lowest BCUT2D eigenvalue weighted by Gasteiger charge is -2.38. The molecule has 1 aromatic heterocycles. The van der Waals surface area contributed by atoms with E-state index in [1.807, 2.05) is 42.6 Å². The van der Waals surface area contributed by atoms with Gasteiger partial charge in [-0.25, -0.2) is 0 Å². The molecule has 0 atom stereocenters. The smallest absolute Gasteiger partial charge is 0.254 e. The van der Waals surface area contributed by atoms with Crippen molar-refractivity contribution in [3.63, 3.8) is 0 Å². The Bertz CT molecular complexity index is 816. The normalized spacial score (nSPS) is 17.4. The number of hydrogen-bond acceptors (Lipinski definition) is 4. The number of rotatable bonds is 6. The van der Waals surface area contributed by atoms with Gasteiger partial charge >= 0.3 is 0 Å². The second-order valence-corrected chi connectivity index (χ2v) is 8.01. The maximum Gasteiger partial charge on any atom is 0.254 e. The first-order valence-electron chi connectivity index (χ1n) is 10.9. The summed E-state index contributed by atoms with van der Waals surface area (Å²) >= 11 is 0. The first kappa shape index (κ1) is 19.9. The molecule has 0 saturated carbocycles. The zero-order valence-electron chi connectivity index (χ0n) is 17.3. The SMILES string of the molecule is CCN1CCC(N(CCc2ccccn2)C(=O)c2ccc3c(c2)CCCO3)CC1. The van der Waals surface area contributed by atoms with Gasteiger partial charge in [0, 0.05) is 49.6 Å². The lowest BCUT2D eigenvalue weighted by molar-refractivity contribution is 0.0579. The molecule has 0 radical (unpaired) electrons. The molecule has 2 aromatic rings. The first-order chi connectivity index (χ1) is 14.2. The molecule has 5 heteroatoms. The number of aromatic nitrogens is 1. The Morgan fingerprint density at radius 2 is 2.10 bits per heavy atom. The van der Waals surface area contributed by atoms with Crippen LogP contribution in [-0.2, 0) is 12.8 Å². The van der Waals surface area contributed by atoms with Crippen molar-refractivity contribution < 1.29 is 9.53 Å². The van der Waals surface area contributed by atoms with Crippen LogP contribution in [0.2, 0.25) is 0 Å². The van der Waals surface area contributed by atoms with E-state index >= 15 is 0 Å². The van der Waals surface area contributed by atoms with Crippen molar-refractivity contribution in [3.05, 3.63) is 59.4 Å². The van der Waals surface area contributed by atoms with Crippen molar-refractivity contribution in [2.45, 2.75) is 45.1 Å². The predicted octanol–water partition coefficient (Wildman–Crippen LogP) is 3.58. The number of likely N-dealkylation sites (tertiary alicyclic amines) is 1. The first-order valence-corrected chi connectivity index (χ1v) is 10.9. The number of hydrogen-bond donors (Lipinski definition) is 0. The largest absolute Gasteiger partial charge is 0.493 e. The van der Waals surface area contributed by atoms with E-state index in [0.717, 1.165) is 80.9 Å². The van der Waals surface area contributed by atoms with E-state index in [0.29, 0.717) is 12.6 Å². The molecule has 2 aliphatic heterocycles. The van der Waals surface area contributed by atoms with E-state index in [1.54, 1.807) is 0 Å². The topological polar surface area (TPSA) is 45.7 Å². The highest BCUT2D eigenvalue weighted by molar-refractivity contribution is 5.95. The molecule has 1 aromatic carbocycles. The Morgan fingerprint density at radius 3 is 2.86 bits per heavy atom. The molecule has 0 unspecified atom stereocenters. The van der Waals surface area contributed by atoms with Crippen molar-refractivity contribution in [1.82, 2.24) is 14.8 Å². The number of fused-ring (bicyclic) bond motifs is 1. The maximum absolute atomic E-state index is 13.6. The van der Waals surface area contributed by atoms with Crippen LogP contribution in [0.5, 0.6) is 5.75 Å². The van der Waals surface area contributed by atoms with E-state index < -0.39 is 0 Å². The second kappa shape index (κ2) is 9.40. The number of ether oxygens (including phenoxy) is 1. The summed E-state index contributed by atoms with van der Waals surface area (Å²) in [6.45, 7) is 6.89. The molecule has 154 valence electrons. The second-order valence-electron chi connectivity index (χ2n) is 8.01. The Kier molecular flexibility index (Phi) is 6.45. The number of amides is 1. The highest BCUT2D eigenvalue weighted by Crippen LogP contribution is 2.27. The Morgan fingerprint density at radius 1 is 1.24 bits per heavy atom. The minimum atomic E-state index is 0.143. The summed E-state index contributed by atoms with van der Waals surface area (Å²) in [5.41, 5.74) is 2.98. The molecule has 1 amide bonds. The van der Waals surface area contributed by atoms with Crippen LogP contribution in [0.15, 0.2) is 42.6 Å². The van der Waals surface area contributed by atoms with Gasteiger partial charge in [0.25, 0.3) is 5.91 Å². The number of carbonyl (C=O) groups is 1. The van der Waals surface area contributed by atoms with E-state index in [1.165, 1.54) is 0 Å². The predicted molar refractivity (Wildman–Crippen MR) is 114 cm³/mol. The number of nitrogens with zero attached hydrogens (tertiary/aromatic N) is 3. The Labute approximate surface area is 173 Å². The summed E-state index contributed by atoms with van der Waals surface area (Å²) < 4.78 is 5.73. The van der Waals surface area contributed by atoms with Gasteiger partial charge in [0.2, 0.25) is 0 Å². The van der Waals surface area contributed by atoms with E-state index in [-0.39, 0.29) is 5.91 Å². The summed E-state index contributed by atoms with van der Waals surface area (Å²) in [6, 6.07) is 12.2. The average Bonchev–Trinajstić information content (AvgIpc) is 2.80. The molecule has 0 N–H and O–H groups in total. The third kappa shape index (κ3) is 4.78. The number of carbonyl (C=O) groups excluding carboxylic acids is 1. The molecule has 1 fully saturated rings. The molecule has 0 bridgehead atoms. The van der Waals surface area contributed by atoms with E-state index in [4.69, 9.17) is 4.74 Å². The van der Waals surface area contributed by atoms with Crippen molar-refractivity contribution in [2.75, 3.05) is 32.8 Å². The van der Waals surface area contributed by atoms with Gasteiger partial charge in [0.1, 0.15) is 5.75 Å². The van der Waals surface area contributed by atoms with Crippen LogP contribution in [-0.4, -0.2) is 59.5 Å². The van der Waals surface area contributed by atoms with Crippen molar-refractivity contribution >= 4 is 5.91 Å². The fourth-order valence-electron chi connectivity index (χ4n) is 4.44. The molecule has 5 nitrogen and oxygen atoms in total. The molecule has 0 aliphatic carbocycles. The minimum absolute atomic E-state index is 0.143. The molecule has 4 rings (SSSR count). The Hall–Kier alpha value is -2.40. The molecule has 0 spiro atoms. The zero-order valence-corrected chi connectivity index (χ0v) is 17.3. The molecular weight excluding hydrogens is 362 g/mol. The highest BCUT2D eigenvalue weighted by atomic mass is 16.5. The van der Waals surface area contributed by atoms with Gasteiger partial charge < -0.3 is 14.5 Å². The van der Waals surface area contributed by atoms with E-state index in [2.05, 4.69) is 21.7 Å². The summed E-state index contributed by atoms with van der Waals surface area (Å²) in [5, 5.41) is 0. The third-order valence-electron chi connectivity index (χ3n) is 6.20. The lowest BCUT2D eigenvalue weighted by Crippen LogP contribution is -2.48. The van der Waals surface area contributed by atoms with Gasteiger partial charge in [-0.3, -0.25) is 9.78 Å². The van der Waals surface area contributed by atoms with Gasteiger partial charge in [-0.05, 0) is 68.1 Å². The van der Waals surface area contributed by atoms with Crippen LogP contribution in [0.4, 0.5) is 0 Å². The van der Waals surface area contributed by atoms with Gasteiger partial charge in [0.05, 0.1) is 6.61 Å². The third-order valence-corrected chi connectivity index (χ3v) is 6.20. The number of pyridine rings is 1. The van der Waals surface area contributed by atoms with Crippen molar-refractivity contribution in [2.24, 2.45) is 0 Å². The van der Waals surface area contributed by atoms with Gasteiger partial charge in [-0.1, -0.05) is 13.0 Å². The quantitative estimate of drug-likeness (QED) is 0.753. The maximum atomic E-state index is 13.6. The van der Waals surface area contributed by atoms with Crippen molar-refractivity contribution in [1.29, 1.82) is 0 Å². The van der Waals surface area contributed by atoms with Gasteiger partial charge in [-0.15, -0.1) is 0 Å². The summed E-state index contributed by atoms with van der Waals surface area (Å²) in [6.07, 6.45) is 6.69. The van der Waals surface area contributed by atoms with Gasteiger partial charge in [-0.2, -0.15) is 0 Å². The lowest BCUT2D eigenvalue weighted by atomic mass is 9.99. The Balaban J connectivity index is 1.52. The minimum Gasteiger partial charge on any atom is -0.493 e. The standard InChI is InChI=1S/C24H31N3O2/c1-2-26-14-11-22(12-15-26)27(16-10-21-7-3-4-13-25-21)24(28)20-8-9-23-19(18-20)6-5-17-29-23/h3-4,7-9,13,18,22H,2,5-6,10-12,14-17H2,1H3. The summed E-state index contributed by atoms with van der Waals surface area (Å²) in [5.74, 6) is 1.08. The van der Waals surface area contributed by atoms with Crippen LogP contribution in [0.25, 0.3) is 0 Å². The number of benzene rings is 1. The van der Waals surface area contributed by atoms with Gasteiger partial charge in [0.15, 0.2) is 0 Å². The van der Waals surface area contributed by atoms with E-state index in [9.17, 15) is 4.79 Å². The van der Waals surface area contributed by atoms with Crippen molar-refractivity contribution in [3.8, 4) is 5.75 Å². The molecular formula is C24H31N3O2. The number of aryl methyl sites for hydroxylation is 1. The molecule has 2 aliphatic rings. The van der Waals surface area contributed by atoms with Crippen LogP contribution >= 0.6 is 0 Å². The average molecular weight is 394 g/mol. The number of piperidine rings is 1. The monoisotopic (exact) mass is 393 g/mol. The summed E-state index contributed by atoms with van der Waals surface area (Å²) in [7, 11) is 0. The van der Waals surface area contributed by atoms with Crippen LogP contribution in [0, 0.1) is 0 Å². The zero-order chi connectivity index (χ0) is 20.1. The summed E-state index contributed by atoms with van der Waals surface area (Å²) in [4.78, 5) is 22.6. The molecule has 29 heavy (non-hydrogen) atoms. The fraction of sp³-hybridized carbons (Fsp3) is 0.500. The van der Waals surface area contributed by atoms with Crippen LogP contribution < -0.4 is 4.74 Å². The molecule has 1 saturated heterocycles. The van der Waals surface area contributed by atoms with Crippen LogP contribution in [0.1, 0.15) is 47.8 Å². The molecule has 3 heterocycles. The fourth-order valence-corrected chi connectivity index (χ4v) is 4.44. The van der Waals surface area contributed by atoms with Crippen LogP contribution in [0.3, 0.4) is 0 Å². The highest BCUT2D eigenvalue weighted by Gasteiger charge is 2.28.